The number of carbonyl (C=O) groups excluding carboxylic acids is 2. The summed E-state index contributed by atoms with van der Waals surface area (Å²) in [6.07, 6.45) is 4.84. The molecular formula is C19H13FN2O2S. The molecule has 1 N–H and O–H groups in total. The van der Waals surface area contributed by atoms with Gasteiger partial charge in [0.25, 0.3) is 11.8 Å². The second-order valence-electron chi connectivity index (χ2n) is 5.23. The lowest BCUT2D eigenvalue weighted by Crippen LogP contribution is -2.54. The molecule has 0 saturated carbocycles. The summed E-state index contributed by atoms with van der Waals surface area (Å²) < 4.78 is 13.1. The first-order valence-electron chi connectivity index (χ1n) is 7.45. The van der Waals surface area contributed by atoms with Gasteiger partial charge in [0.15, 0.2) is 5.11 Å². The molecule has 0 spiro atoms. The van der Waals surface area contributed by atoms with Crippen molar-refractivity contribution in [2.75, 3.05) is 4.90 Å². The SMILES string of the molecule is O=C1NC(=S)N(c2ccc(F)cc2)C(=O)/C1=C\C=C\c1ccccc1. The van der Waals surface area contributed by atoms with Gasteiger partial charge >= 0.3 is 0 Å². The highest BCUT2D eigenvalue weighted by atomic mass is 32.1. The minimum absolute atomic E-state index is 0.0363. The maximum Gasteiger partial charge on any atom is 0.270 e. The van der Waals surface area contributed by atoms with E-state index < -0.39 is 17.6 Å². The van der Waals surface area contributed by atoms with Gasteiger partial charge in [-0.05, 0) is 48.1 Å². The van der Waals surface area contributed by atoms with Crippen LogP contribution >= 0.6 is 12.2 Å². The summed E-state index contributed by atoms with van der Waals surface area (Å²) in [6, 6.07) is 14.8. The van der Waals surface area contributed by atoms with E-state index in [0.29, 0.717) is 5.69 Å². The van der Waals surface area contributed by atoms with E-state index in [9.17, 15) is 14.0 Å². The Bertz CT molecular complexity index is 889. The first-order chi connectivity index (χ1) is 12.1. The quantitative estimate of drug-likeness (QED) is 0.524. The average Bonchev–Trinajstić information content (AvgIpc) is 2.60. The number of amides is 2. The van der Waals surface area contributed by atoms with E-state index >= 15 is 0 Å². The van der Waals surface area contributed by atoms with Gasteiger partial charge in [-0.2, -0.15) is 0 Å². The van der Waals surface area contributed by atoms with Gasteiger partial charge in [-0.15, -0.1) is 0 Å². The van der Waals surface area contributed by atoms with Gasteiger partial charge in [0.1, 0.15) is 11.4 Å². The van der Waals surface area contributed by atoms with Crippen LogP contribution < -0.4 is 10.2 Å². The van der Waals surface area contributed by atoms with E-state index in [1.165, 1.54) is 35.2 Å². The molecule has 2 aromatic rings. The molecule has 2 amide bonds. The summed E-state index contributed by atoms with van der Waals surface area (Å²) in [5.74, 6) is -1.55. The van der Waals surface area contributed by atoms with E-state index in [2.05, 4.69) is 5.32 Å². The summed E-state index contributed by atoms with van der Waals surface area (Å²) in [4.78, 5) is 25.9. The van der Waals surface area contributed by atoms with E-state index in [1.54, 1.807) is 12.2 Å². The number of anilines is 1. The van der Waals surface area contributed by atoms with Crippen LogP contribution in [0.25, 0.3) is 6.08 Å². The van der Waals surface area contributed by atoms with Gasteiger partial charge < -0.3 is 0 Å². The van der Waals surface area contributed by atoms with Crippen LogP contribution in [0.15, 0.2) is 72.3 Å². The summed E-state index contributed by atoms with van der Waals surface area (Å²) in [6.45, 7) is 0. The van der Waals surface area contributed by atoms with E-state index in [0.717, 1.165) is 5.56 Å². The molecule has 1 aliphatic rings. The minimum Gasteiger partial charge on any atom is -0.298 e. The molecule has 2 aromatic carbocycles. The van der Waals surface area contributed by atoms with Crippen LogP contribution in [-0.4, -0.2) is 16.9 Å². The lowest BCUT2D eigenvalue weighted by molar-refractivity contribution is -0.122. The van der Waals surface area contributed by atoms with Crippen molar-refractivity contribution in [2.45, 2.75) is 0 Å². The lowest BCUT2D eigenvalue weighted by Gasteiger charge is -2.28. The van der Waals surface area contributed by atoms with Crippen molar-refractivity contribution < 1.29 is 14.0 Å². The monoisotopic (exact) mass is 352 g/mol. The van der Waals surface area contributed by atoms with Crippen LogP contribution in [0.1, 0.15) is 5.56 Å². The second-order valence-corrected chi connectivity index (χ2v) is 5.61. The number of rotatable bonds is 3. The molecule has 0 unspecified atom stereocenters. The van der Waals surface area contributed by atoms with Crippen LogP contribution in [0.3, 0.4) is 0 Å². The molecule has 4 nitrogen and oxygen atoms in total. The van der Waals surface area contributed by atoms with Gasteiger partial charge in [0.2, 0.25) is 0 Å². The molecule has 1 heterocycles. The number of nitrogens with one attached hydrogen (secondary N) is 1. The molecule has 0 aromatic heterocycles. The van der Waals surface area contributed by atoms with Crippen molar-refractivity contribution in [1.29, 1.82) is 0 Å². The van der Waals surface area contributed by atoms with Crippen molar-refractivity contribution in [3.63, 3.8) is 0 Å². The number of halogens is 1. The van der Waals surface area contributed by atoms with Crippen LogP contribution in [0.5, 0.6) is 0 Å². The predicted octanol–water partition coefficient (Wildman–Crippen LogP) is 3.21. The molecule has 0 aliphatic carbocycles. The third-order valence-electron chi connectivity index (χ3n) is 3.54. The number of thiocarbonyl (C=S) groups is 1. The molecule has 3 rings (SSSR count). The molecule has 25 heavy (non-hydrogen) atoms. The molecule has 1 fully saturated rings. The third kappa shape index (κ3) is 3.70. The zero-order valence-electron chi connectivity index (χ0n) is 13.0. The first kappa shape index (κ1) is 16.7. The fourth-order valence-corrected chi connectivity index (χ4v) is 2.60. The third-order valence-corrected chi connectivity index (χ3v) is 3.82. The Kier molecular flexibility index (Phi) is 4.81. The van der Waals surface area contributed by atoms with Crippen molar-refractivity contribution >= 4 is 40.9 Å². The zero-order valence-corrected chi connectivity index (χ0v) is 13.8. The number of nitrogens with zero attached hydrogens (tertiary/aromatic N) is 1. The van der Waals surface area contributed by atoms with Crippen molar-refractivity contribution in [3.05, 3.63) is 83.7 Å². The maximum absolute atomic E-state index is 13.1. The van der Waals surface area contributed by atoms with Crippen LogP contribution in [0.2, 0.25) is 0 Å². The number of hydrogen-bond donors (Lipinski definition) is 1. The molecule has 0 radical (unpaired) electrons. The highest BCUT2D eigenvalue weighted by Crippen LogP contribution is 2.21. The van der Waals surface area contributed by atoms with Gasteiger partial charge in [0, 0.05) is 0 Å². The summed E-state index contributed by atoms with van der Waals surface area (Å²) in [5, 5.41) is 2.44. The Balaban J connectivity index is 1.88. The summed E-state index contributed by atoms with van der Waals surface area (Å²) >= 11 is 5.07. The van der Waals surface area contributed by atoms with Crippen molar-refractivity contribution in [3.8, 4) is 0 Å². The Morgan fingerprint density at radius 2 is 1.68 bits per heavy atom. The Morgan fingerprint density at radius 3 is 2.36 bits per heavy atom. The van der Waals surface area contributed by atoms with Gasteiger partial charge in [-0.25, -0.2) is 4.39 Å². The molecule has 1 aliphatic heterocycles. The molecule has 124 valence electrons. The standard InChI is InChI=1S/C19H13FN2O2S/c20-14-9-11-15(12-10-14)22-18(24)16(17(23)21-19(22)25)8-4-7-13-5-2-1-3-6-13/h1-12H,(H,21,23,25)/b7-4+,16-8-. The minimum atomic E-state index is -0.564. The summed E-state index contributed by atoms with van der Waals surface area (Å²) in [7, 11) is 0. The van der Waals surface area contributed by atoms with Crippen LogP contribution in [0, 0.1) is 5.82 Å². The smallest absolute Gasteiger partial charge is 0.270 e. The fraction of sp³-hybridized carbons (Fsp3) is 0. The molecule has 0 atom stereocenters. The topological polar surface area (TPSA) is 49.4 Å². The predicted molar refractivity (Wildman–Crippen MR) is 98.2 cm³/mol. The molecular weight excluding hydrogens is 339 g/mol. The van der Waals surface area contributed by atoms with Crippen LogP contribution in [-0.2, 0) is 9.59 Å². The number of hydrogen-bond acceptors (Lipinski definition) is 3. The van der Waals surface area contributed by atoms with Crippen molar-refractivity contribution in [1.82, 2.24) is 5.32 Å². The van der Waals surface area contributed by atoms with Gasteiger partial charge in [-0.3, -0.25) is 19.8 Å². The van der Waals surface area contributed by atoms with Crippen molar-refractivity contribution in [2.24, 2.45) is 0 Å². The highest BCUT2D eigenvalue weighted by molar-refractivity contribution is 7.80. The molecule has 0 bridgehead atoms. The number of allylic oxidation sites excluding steroid dienone is 2. The molecule has 1 saturated heterocycles. The second kappa shape index (κ2) is 7.19. The Morgan fingerprint density at radius 1 is 1.00 bits per heavy atom. The highest BCUT2D eigenvalue weighted by Gasteiger charge is 2.33. The number of carbonyl (C=O) groups is 2. The maximum atomic E-state index is 13.1. The van der Waals surface area contributed by atoms with E-state index in [4.69, 9.17) is 12.2 Å². The Labute approximate surface area is 149 Å². The average molecular weight is 352 g/mol. The first-order valence-corrected chi connectivity index (χ1v) is 7.86. The zero-order chi connectivity index (χ0) is 17.8. The Hall–Kier alpha value is -3.12. The summed E-state index contributed by atoms with van der Waals surface area (Å²) in [5.41, 5.74) is 1.27. The number of benzene rings is 2. The fourth-order valence-electron chi connectivity index (χ4n) is 2.32. The lowest BCUT2D eigenvalue weighted by atomic mass is 10.1. The van der Waals surface area contributed by atoms with Gasteiger partial charge in [-0.1, -0.05) is 42.5 Å². The van der Waals surface area contributed by atoms with E-state index in [1.807, 2.05) is 30.3 Å². The van der Waals surface area contributed by atoms with Gasteiger partial charge in [0.05, 0.1) is 5.69 Å². The van der Waals surface area contributed by atoms with E-state index in [-0.39, 0.29) is 10.7 Å². The largest absolute Gasteiger partial charge is 0.298 e. The van der Waals surface area contributed by atoms with Crippen LogP contribution in [0.4, 0.5) is 10.1 Å². The normalized spacial score (nSPS) is 16.6. The molecule has 6 heteroatoms.